The van der Waals surface area contributed by atoms with E-state index in [9.17, 15) is 13.8 Å². The summed E-state index contributed by atoms with van der Waals surface area (Å²) < 4.78 is 10.8. The molecule has 0 aromatic carbocycles. The summed E-state index contributed by atoms with van der Waals surface area (Å²) in [6.45, 7) is 1.84. The summed E-state index contributed by atoms with van der Waals surface area (Å²) in [4.78, 5) is 22.1. The van der Waals surface area contributed by atoms with Crippen LogP contribution >= 0.6 is 0 Å². The molecular weight excluding hydrogens is 230 g/mol. The van der Waals surface area contributed by atoms with Crippen LogP contribution in [0, 0.1) is 11.8 Å². The summed E-state index contributed by atoms with van der Waals surface area (Å²) in [5, 5.41) is 11.4. The third-order valence-corrected chi connectivity index (χ3v) is 3.48. The van der Waals surface area contributed by atoms with Crippen molar-refractivity contribution in [3.8, 4) is 0 Å². The minimum absolute atomic E-state index is 0.0496. The minimum atomic E-state index is -0.900. The molecule has 0 heterocycles. The van der Waals surface area contributed by atoms with E-state index in [2.05, 4.69) is 5.32 Å². The molecule has 2 unspecified atom stereocenters. The SMILES string of the molecule is CC(CCS(C)=O)NC(=O)[C@@H]1C[C@@H]1C(=O)O. The Bertz CT molecular complexity index is 318. The van der Waals surface area contributed by atoms with Crippen LogP contribution in [-0.2, 0) is 20.4 Å². The zero-order valence-corrected chi connectivity index (χ0v) is 10.3. The fourth-order valence-corrected chi connectivity index (χ4v) is 2.21. The summed E-state index contributed by atoms with van der Waals surface area (Å²) in [7, 11) is -0.856. The van der Waals surface area contributed by atoms with E-state index in [1.54, 1.807) is 6.26 Å². The Balaban J connectivity index is 2.25. The van der Waals surface area contributed by atoms with Gasteiger partial charge in [-0.2, -0.15) is 0 Å². The number of nitrogens with one attached hydrogen (secondary N) is 1. The molecule has 92 valence electrons. The van der Waals surface area contributed by atoms with E-state index in [0.29, 0.717) is 18.6 Å². The zero-order chi connectivity index (χ0) is 12.3. The van der Waals surface area contributed by atoms with E-state index in [1.165, 1.54) is 0 Å². The van der Waals surface area contributed by atoms with E-state index in [0.717, 1.165) is 0 Å². The van der Waals surface area contributed by atoms with Crippen molar-refractivity contribution in [3.05, 3.63) is 0 Å². The molecule has 1 aliphatic rings. The largest absolute Gasteiger partial charge is 0.481 e. The molecule has 1 aliphatic carbocycles. The standard InChI is InChI=1S/C10H17NO4S/c1-6(3-4-16(2)15)11-9(12)7-5-8(7)10(13)14/h6-8H,3-5H2,1-2H3,(H,11,12)(H,13,14)/t6?,7-,8+,16?/m1/s1. The molecule has 1 amide bonds. The van der Waals surface area contributed by atoms with Gasteiger partial charge in [0, 0.05) is 28.9 Å². The van der Waals surface area contributed by atoms with Gasteiger partial charge in [-0.3, -0.25) is 13.8 Å². The number of amides is 1. The van der Waals surface area contributed by atoms with Crippen LogP contribution in [0.2, 0.25) is 0 Å². The van der Waals surface area contributed by atoms with E-state index in [4.69, 9.17) is 5.11 Å². The molecule has 0 aliphatic heterocycles. The number of aliphatic carboxylic acids is 1. The molecule has 1 fully saturated rings. The molecule has 6 heteroatoms. The van der Waals surface area contributed by atoms with Gasteiger partial charge in [0.1, 0.15) is 0 Å². The lowest BCUT2D eigenvalue weighted by atomic mass is 10.2. The molecule has 2 N–H and O–H groups in total. The first-order chi connectivity index (χ1) is 7.41. The second kappa shape index (κ2) is 5.43. The van der Waals surface area contributed by atoms with Crippen molar-refractivity contribution < 1.29 is 18.9 Å². The van der Waals surface area contributed by atoms with Crippen molar-refractivity contribution in [1.29, 1.82) is 0 Å². The highest BCUT2D eigenvalue weighted by Crippen LogP contribution is 2.38. The summed E-state index contributed by atoms with van der Waals surface area (Å²) in [5.74, 6) is -1.42. The van der Waals surface area contributed by atoms with E-state index in [-0.39, 0.29) is 17.9 Å². The first kappa shape index (κ1) is 13.2. The third kappa shape index (κ3) is 3.92. The fraction of sp³-hybridized carbons (Fsp3) is 0.800. The van der Waals surface area contributed by atoms with Gasteiger partial charge < -0.3 is 10.4 Å². The Morgan fingerprint density at radius 3 is 2.56 bits per heavy atom. The second-order valence-corrected chi connectivity index (χ2v) is 5.82. The summed E-state index contributed by atoms with van der Waals surface area (Å²) >= 11 is 0. The van der Waals surface area contributed by atoms with Crippen LogP contribution in [0.5, 0.6) is 0 Å². The summed E-state index contributed by atoms with van der Waals surface area (Å²) in [6.07, 6.45) is 2.71. The fourth-order valence-electron chi connectivity index (χ4n) is 1.52. The number of hydrogen-bond donors (Lipinski definition) is 2. The maximum absolute atomic E-state index is 11.5. The molecule has 0 spiro atoms. The van der Waals surface area contributed by atoms with Crippen LogP contribution in [0.1, 0.15) is 19.8 Å². The molecule has 0 saturated heterocycles. The molecular formula is C10H17NO4S. The minimum Gasteiger partial charge on any atom is -0.481 e. The smallest absolute Gasteiger partial charge is 0.307 e. The Morgan fingerprint density at radius 2 is 2.12 bits per heavy atom. The lowest BCUT2D eigenvalue weighted by Crippen LogP contribution is -2.35. The Morgan fingerprint density at radius 1 is 1.50 bits per heavy atom. The molecule has 0 aromatic heterocycles. The number of hydrogen-bond acceptors (Lipinski definition) is 3. The molecule has 0 bridgehead atoms. The number of carboxylic acid groups (broad SMARTS) is 1. The Labute approximate surface area is 97.1 Å². The number of carbonyl (C=O) groups is 2. The maximum atomic E-state index is 11.5. The van der Waals surface area contributed by atoms with Crippen LogP contribution in [0.25, 0.3) is 0 Å². The van der Waals surface area contributed by atoms with E-state index >= 15 is 0 Å². The van der Waals surface area contributed by atoms with Gasteiger partial charge in [0.2, 0.25) is 5.91 Å². The number of carbonyl (C=O) groups excluding carboxylic acids is 1. The molecule has 0 radical (unpaired) electrons. The zero-order valence-electron chi connectivity index (χ0n) is 9.43. The molecule has 16 heavy (non-hydrogen) atoms. The molecule has 1 rings (SSSR count). The van der Waals surface area contributed by atoms with Gasteiger partial charge in [0.15, 0.2) is 0 Å². The first-order valence-corrected chi connectivity index (χ1v) is 6.97. The van der Waals surface area contributed by atoms with Crippen molar-refractivity contribution in [2.45, 2.75) is 25.8 Å². The van der Waals surface area contributed by atoms with Crippen molar-refractivity contribution in [2.75, 3.05) is 12.0 Å². The van der Waals surface area contributed by atoms with Gasteiger partial charge in [-0.1, -0.05) is 0 Å². The quantitative estimate of drug-likeness (QED) is 0.691. The van der Waals surface area contributed by atoms with Crippen LogP contribution < -0.4 is 5.32 Å². The van der Waals surface area contributed by atoms with Crippen molar-refractivity contribution in [1.82, 2.24) is 5.32 Å². The second-order valence-electron chi connectivity index (χ2n) is 4.26. The highest BCUT2D eigenvalue weighted by Gasteiger charge is 2.48. The summed E-state index contributed by atoms with van der Waals surface area (Å²) in [5.41, 5.74) is 0. The molecule has 0 aromatic rings. The third-order valence-electron chi connectivity index (χ3n) is 2.67. The van der Waals surface area contributed by atoms with Crippen molar-refractivity contribution >= 4 is 22.7 Å². The van der Waals surface area contributed by atoms with Gasteiger partial charge in [-0.05, 0) is 19.8 Å². The van der Waals surface area contributed by atoms with Gasteiger partial charge in [0.25, 0.3) is 0 Å². The van der Waals surface area contributed by atoms with Crippen LogP contribution in [-0.4, -0.2) is 39.2 Å². The normalized spacial score (nSPS) is 26.9. The van der Waals surface area contributed by atoms with Crippen LogP contribution in [0.15, 0.2) is 0 Å². The Hall–Kier alpha value is -0.910. The summed E-state index contributed by atoms with van der Waals surface area (Å²) in [6, 6.07) is -0.0496. The average molecular weight is 247 g/mol. The van der Waals surface area contributed by atoms with Crippen molar-refractivity contribution in [2.24, 2.45) is 11.8 Å². The van der Waals surface area contributed by atoms with Gasteiger partial charge in [0.05, 0.1) is 11.8 Å². The van der Waals surface area contributed by atoms with Gasteiger partial charge >= 0.3 is 5.97 Å². The average Bonchev–Trinajstić information content (AvgIpc) is 2.93. The van der Waals surface area contributed by atoms with E-state index < -0.39 is 22.7 Å². The molecule has 5 nitrogen and oxygen atoms in total. The topological polar surface area (TPSA) is 83.5 Å². The van der Waals surface area contributed by atoms with Crippen molar-refractivity contribution in [3.63, 3.8) is 0 Å². The molecule has 4 atom stereocenters. The predicted molar refractivity (Wildman–Crippen MR) is 60.4 cm³/mol. The highest BCUT2D eigenvalue weighted by molar-refractivity contribution is 7.84. The monoisotopic (exact) mass is 247 g/mol. The highest BCUT2D eigenvalue weighted by atomic mass is 32.2. The van der Waals surface area contributed by atoms with E-state index in [1.807, 2.05) is 6.92 Å². The predicted octanol–water partition coefficient (Wildman–Crippen LogP) is -0.0196. The van der Waals surface area contributed by atoms with Crippen LogP contribution in [0.4, 0.5) is 0 Å². The van der Waals surface area contributed by atoms with Crippen LogP contribution in [0.3, 0.4) is 0 Å². The lowest BCUT2D eigenvalue weighted by Gasteiger charge is -2.12. The maximum Gasteiger partial charge on any atom is 0.307 e. The first-order valence-electron chi connectivity index (χ1n) is 5.25. The number of rotatable bonds is 6. The number of carboxylic acids is 1. The lowest BCUT2D eigenvalue weighted by molar-refractivity contribution is -0.140. The molecule has 1 saturated carbocycles. The Kier molecular flexibility index (Phi) is 4.46. The van der Waals surface area contributed by atoms with Gasteiger partial charge in [-0.25, -0.2) is 0 Å². The van der Waals surface area contributed by atoms with Gasteiger partial charge in [-0.15, -0.1) is 0 Å².